The summed E-state index contributed by atoms with van der Waals surface area (Å²) in [6.45, 7) is 0. The molecule has 0 aromatic carbocycles. The summed E-state index contributed by atoms with van der Waals surface area (Å²) in [5, 5.41) is 16.8. The van der Waals surface area contributed by atoms with E-state index in [2.05, 4.69) is 0 Å². The predicted octanol–water partition coefficient (Wildman–Crippen LogP) is -0.104. The van der Waals surface area contributed by atoms with Crippen molar-refractivity contribution in [1.29, 1.82) is 0 Å². The molecule has 0 aromatic rings. The topological polar surface area (TPSA) is 85.7 Å². The number of carboxylic acids is 1. The fraction of sp³-hybridized carbons (Fsp3) is 0. The normalized spacial score (nSPS) is 8.00. The van der Waals surface area contributed by atoms with Crippen molar-refractivity contribution in [2.45, 2.75) is 0 Å². The molecule has 1 N–H and O–H groups in total. The number of rotatable bonds is 1. The number of carboxylic acid groups (broad SMARTS) is 1. The van der Waals surface area contributed by atoms with E-state index in [9.17, 15) is 9.90 Å². The van der Waals surface area contributed by atoms with E-state index in [4.69, 9.17) is 5.11 Å². The van der Waals surface area contributed by atoms with Crippen molar-refractivity contribution in [2.75, 3.05) is 0 Å². The summed E-state index contributed by atoms with van der Waals surface area (Å²) in [5.41, 5.74) is 0. The van der Waals surface area contributed by atoms with Crippen molar-refractivity contribution in [3.8, 4) is 0 Å². The molecule has 0 saturated heterocycles. The Balaban J connectivity index is 0. The molecule has 0 aromatic heterocycles. The van der Waals surface area contributed by atoms with E-state index >= 15 is 0 Å². The number of hydrogen-bond acceptors (Lipinski definition) is 1. The van der Waals surface area contributed by atoms with E-state index in [0.717, 1.165) is 0 Å². The second kappa shape index (κ2) is 4.97. The second-order valence-electron chi connectivity index (χ2n) is 0.641. The van der Waals surface area contributed by atoms with Crippen molar-refractivity contribution in [3.05, 3.63) is 12.3 Å². The largest absolute Gasteiger partial charge is 0.478 e. The van der Waals surface area contributed by atoms with Crippen LogP contribution < -0.4 is 0 Å². The van der Waals surface area contributed by atoms with Gasteiger partial charge in [0.1, 0.15) is 6.26 Å². The van der Waals surface area contributed by atoms with Crippen LogP contribution >= 0.6 is 0 Å². The number of carbonyl (C=O) groups is 1. The summed E-state index contributed by atoms with van der Waals surface area (Å²) in [6, 6.07) is 0. The van der Waals surface area contributed by atoms with Gasteiger partial charge in [-0.1, -0.05) is 0 Å². The average molecular weight is 103 g/mol. The Bertz CT molecular complexity index is 75.0. The third-order valence-electron chi connectivity index (χ3n) is 0.211. The van der Waals surface area contributed by atoms with E-state index in [1.54, 1.807) is 0 Å². The first-order valence-electron chi connectivity index (χ1n) is 1.29. The van der Waals surface area contributed by atoms with Gasteiger partial charge in [-0.05, 0) is 0 Å². The SMILES string of the molecule is [O].[O]C=CC(=O)O. The Kier molecular flexibility index (Phi) is 6.64. The Hall–Kier alpha value is -1.03. The summed E-state index contributed by atoms with van der Waals surface area (Å²) in [4.78, 5) is 9.31. The first kappa shape index (κ1) is 9.36. The third-order valence-corrected chi connectivity index (χ3v) is 0.211. The van der Waals surface area contributed by atoms with Crippen LogP contribution in [-0.4, -0.2) is 11.1 Å². The zero-order chi connectivity index (χ0) is 4.99. The molecule has 0 atom stereocenters. The summed E-state index contributed by atoms with van der Waals surface area (Å²) in [6.07, 6.45) is 0.752. The maximum absolute atomic E-state index is 9.31. The highest BCUT2D eigenvalue weighted by atomic mass is 16.4. The molecule has 4 heteroatoms. The van der Waals surface area contributed by atoms with Gasteiger partial charge >= 0.3 is 5.97 Å². The van der Waals surface area contributed by atoms with Crippen molar-refractivity contribution >= 4 is 5.97 Å². The van der Waals surface area contributed by atoms with Gasteiger partial charge in [-0.2, -0.15) is 0 Å². The van der Waals surface area contributed by atoms with Crippen LogP contribution in [0.2, 0.25) is 0 Å². The van der Waals surface area contributed by atoms with Gasteiger partial charge in [0.15, 0.2) is 0 Å². The van der Waals surface area contributed by atoms with Crippen molar-refractivity contribution in [2.24, 2.45) is 0 Å². The molecule has 0 unspecified atom stereocenters. The van der Waals surface area contributed by atoms with Gasteiger partial charge in [0.2, 0.25) is 0 Å². The molecule has 3 radical (unpaired) electrons. The van der Waals surface area contributed by atoms with Crippen LogP contribution in [0.1, 0.15) is 0 Å². The molecule has 0 aliphatic heterocycles. The quantitative estimate of drug-likeness (QED) is 0.371. The lowest BCUT2D eigenvalue weighted by molar-refractivity contribution is -0.131. The molecule has 0 fully saturated rings. The van der Waals surface area contributed by atoms with Crippen molar-refractivity contribution < 1.29 is 20.5 Å². The lowest BCUT2D eigenvalue weighted by Crippen LogP contribution is -1.83. The smallest absolute Gasteiger partial charge is 0.331 e. The Labute approximate surface area is 40.0 Å². The fourth-order valence-electron chi connectivity index (χ4n) is 0.0582. The van der Waals surface area contributed by atoms with Gasteiger partial charge in [0, 0.05) is 5.48 Å². The molecule has 0 rings (SSSR count). The first-order valence-corrected chi connectivity index (χ1v) is 1.29. The minimum Gasteiger partial charge on any atom is -0.478 e. The molecule has 0 spiro atoms. The number of aliphatic carboxylic acids is 1. The summed E-state index contributed by atoms with van der Waals surface area (Å²) >= 11 is 0. The van der Waals surface area contributed by atoms with Gasteiger partial charge in [-0.25, -0.2) is 4.79 Å². The zero-order valence-electron chi connectivity index (χ0n) is 3.33. The van der Waals surface area contributed by atoms with Crippen LogP contribution in [-0.2, 0) is 15.4 Å². The highest BCUT2D eigenvalue weighted by Gasteiger charge is 1.79. The second-order valence-corrected chi connectivity index (χ2v) is 0.641. The molecule has 0 saturated carbocycles. The van der Waals surface area contributed by atoms with Gasteiger partial charge < -0.3 is 5.11 Å². The molecule has 0 amide bonds. The minimum atomic E-state index is -1.20. The standard InChI is InChI=1S/C3H3O3.O/c4-2-1-3(5)6;/h1-2H,(H,5,6);. The van der Waals surface area contributed by atoms with E-state index < -0.39 is 5.97 Å². The lowest BCUT2D eigenvalue weighted by atomic mass is 10.7. The fourth-order valence-corrected chi connectivity index (χ4v) is 0.0582. The molecule has 7 heavy (non-hydrogen) atoms. The van der Waals surface area contributed by atoms with Crippen LogP contribution in [0.25, 0.3) is 0 Å². The monoisotopic (exact) mass is 103 g/mol. The van der Waals surface area contributed by atoms with Gasteiger partial charge in [-0.3, -0.25) is 5.11 Å². The van der Waals surface area contributed by atoms with Crippen LogP contribution in [0.5, 0.6) is 0 Å². The van der Waals surface area contributed by atoms with E-state index in [1.165, 1.54) is 0 Å². The summed E-state index contributed by atoms with van der Waals surface area (Å²) in [7, 11) is 0. The van der Waals surface area contributed by atoms with Crippen molar-refractivity contribution in [3.63, 3.8) is 0 Å². The Morgan fingerprint density at radius 1 is 1.57 bits per heavy atom. The zero-order valence-corrected chi connectivity index (χ0v) is 3.33. The summed E-state index contributed by atoms with van der Waals surface area (Å²) < 4.78 is 0. The molecule has 0 aliphatic carbocycles. The summed E-state index contributed by atoms with van der Waals surface area (Å²) in [5.74, 6) is -1.20. The van der Waals surface area contributed by atoms with Crippen LogP contribution in [0.3, 0.4) is 0 Å². The molecule has 4 nitrogen and oxygen atoms in total. The maximum atomic E-state index is 9.31. The van der Waals surface area contributed by atoms with Crippen LogP contribution in [0.4, 0.5) is 0 Å². The average Bonchev–Trinajstić information content (AvgIpc) is 1.35. The lowest BCUT2D eigenvalue weighted by Gasteiger charge is -1.66. The van der Waals surface area contributed by atoms with Crippen LogP contribution in [0, 0.1) is 0 Å². The van der Waals surface area contributed by atoms with Gasteiger partial charge in [0.05, 0.1) is 6.08 Å². The van der Waals surface area contributed by atoms with E-state index in [-0.39, 0.29) is 11.7 Å². The molecular weight excluding hydrogens is 100 g/mol. The van der Waals surface area contributed by atoms with Crippen LogP contribution in [0.15, 0.2) is 12.3 Å². The third kappa shape index (κ3) is 11.3. The highest BCUT2D eigenvalue weighted by molar-refractivity contribution is 5.79. The van der Waals surface area contributed by atoms with E-state index in [0.29, 0.717) is 6.08 Å². The van der Waals surface area contributed by atoms with Crippen molar-refractivity contribution in [1.82, 2.24) is 0 Å². The molecule has 0 bridgehead atoms. The molecule has 0 aliphatic rings. The molecule has 0 heterocycles. The Morgan fingerprint density at radius 3 is 2.00 bits per heavy atom. The van der Waals surface area contributed by atoms with E-state index in [1.807, 2.05) is 0 Å². The molecule has 39 valence electrons. The first-order chi connectivity index (χ1) is 2.77. The maximum Gasteiger partial charge on any atom is 0.331 e. The van der Waals surface area contributed by atoms with Gasteiger partial charge in [0.25, 0.3) is 0 Å². The van der Waals surface area contributed by atoms with Gasteiger partial charge in [-0.15, -0.1) is 0 Å². The minimum absolute atomic E-state index is 0. The Morgan fingerprint density at radius 2 is 2.00 bits per heavy atom. The predicted molar refractivity (Wildman–Crippen MR) is 18.1 cm³/mol. The highest BCUT2D eigenvalue weighted by Crippen LogP contribution is 1.63. The molecular formula is C3H3O4. The number of hydrogen-bond donors (Lipinski definition) is 1.